The number of ether oxygens (including phenoxy) is 2. The number of nitrogens with zero attached hydrogens (tertiary/aromatic N) is 2. The van der Waals surface area contributed by atoms with Crippen molar-refractivity contribution in [2.45, 2.75) is 25.1 Å². The quantitative estimate of drug-likeness (QED) is 0.838. The molecule has 0 aromatic carbocycles. The summed E-state index contributed by atoms with van der Waals surface area (Å²) in [4.78, 5) is 17.3. The van der Waals surface area contributed by atoms with E-state index in [1.54, 1.807) is 11.3 Å². The molecule has 0 spiro atoms. The fourth-order valence-corrected chi connectivity index (χ4v) is 4.56. The molecule has 4 rings (SSSR count). The highest BCUT2D eigenvalue weighted by Gasteiger charge is 2.49. The topological polar surface area (TPSA) is 42.0 Å². The molecular formula is C16H22N2O3S. The maximum Gasteiger partial charge on any atom is 0.229 e. The van der Waals surface area contributed by atoms with E-state index in [-0.39, 0.29) is 17.9 Å². The van der Waals surface area contributed by atoms with Crippen molar-refractivity contribution in [3.63, 3.8) is 0 Å². The van der Waals surface area contributed by atoms with E-state index in [4.69, 9.17) is 9.47 Å². The van der Waals surface area contributed by atoms with E-state index in [2.05, 4.69) is 21.7 Å². The van der Waals surface area contributed by atoms with Gasteiger partial charge in [0.2, 0.25) is 5.91 Å². The molecule has 3 saturated heterocycles. The zero-order valence-corrected chi connectivity index (χ0v) is 13.5. The lowest BCUT2D eigenvalue weighted by Gasteiger charge is -2.30. The Morgan fingerprint density at radius 1 is 1.32 bits per heavy atom. The normalized spacial score (nSPS) is 32.4. The molecule has 3 atom stereocenters. The first-order valence-corrected chi connectivity index (χ1v) is 9.00. The van der Waals surface area contributed by atoms with Gasteiger partial charge in [0.15, 0.2) is 0 Å². The van der Waals surface area contributed by atoms with Crippen molar-refractivity contribution < 1.29 is 14.3 Å². The van der Waals surface area contributed by atoms with Crippen molar-refractivity contribution >= 4 is 17.2 Å². The molecule has 5 nitrogen and oxygen atoms in total. The molecule has 0 radical (unpaired) electrons. The Labute approximate surface area is 134 Å². The van der Waals surface area contributed by atoms with Crippen LogP contribution in [-0.2, 0) is 20.8 Å². The molecule has 0 bridgehead atoms. The number of likely N-dealkylation sites (tertiary alicyclic amines) is 1. The summed E-state index contributed by atoms with van der Waals surface area (Å²) in [6.45, 7) is 5.29. The van der Waals surface area contributed by atoms with E-state index in [1.165, 1.54) is 5.56 Å². The Kier molecular flexibility index (Phi) is 4.17. The van der Waals surface area contributed by atoms with Gasteiger partial charge in [0.1, 0.15) is 0 Å². The summed E-state index contributed by atoms with van der Waals surface area (Å²) in [6.07, 6.45) is 1.12. The maximum absolute atomic E-state index is 12.9. The molecule has 1 aromatic heterocycles. The van der Waals surface area contributed by atoms with E-state index < -0.39 is 0 Å². The van der Waals surface area contributed by atoms with Crippen molar-refractivity contribution in [3.8, 4) is 0 Å². The van der Waals surface area contributed by atoms with Gasteiger partial charge < -0.3 is 14.4 Å². The predicted molar refractivity (Wildman–Crippen MR) is 83.8 cm³/mol. The van der Waals surface area contributed by atoms with Crippen LogP contribution in [0.4, 0.5) is 0 Å². The van der Waals surface area contributed by atoms with Crippen LogP contribution in [0.25, 0.3) is 0 Å². The van der Waals surface area contributed by atoms with Crippen LogP contribution in [0.3, 0.4) is 0 Å². The summed E-state index contributed by atoms with van der Waals surface area (Å²) < 4.78 is 11.3. The van der Waals surface area contributed by atoms with Gasteiger partial charge in [-0.1, -0.05) is 0 Å². The molecule has 0 N–H and O–H groups in total. The Morgan fingerprint density at radius 2 is 2.18 bits per heavy atom. The van der Waals surface area contributed by atoms with E-state index in [1.807, 2.05) is 4.90 Å². The summed E-state index contributed by atoms with van der Waals surface area (Å²) >= 11 is 1.73. The lowest BCUT2D eigenvalue weighted by atomic mass is 10.0. The lowest BCUT2D eigenvalue weighted by molar-refractivity contribution is -0.142. The minimum Gasteiger partial charge on any atom is -0.378 e. The number of morpholine rings is 1. The smallest absolute Gasteiger partial charge is 0.229 e. The summed E-state index contributed by atoms with van der Waals surface area (Å²) in [5.74, 6) is 0.247. The number of carbonyl (C=O) groups excluding carboxylic acids is 1. The van der Waals surface area contributed by atoms with Crippen molar-refractivity contribution in [1.82, 2.24) is 9.80 Å². The fraction of sp³-hybridized carbons (Fsp3) is 0.688. The SMILES string of the molecule is O=C([C@H]1CN(Cc2ccsc2)[C@@H]2CCO[C@H]12)N1CCOCC1. The summed E-state index contributed by atoms with van der Waals surface area (Å²) in [5, 5.41) is 4.31. The molecule has 22 heavy (non-hydrogen) atoms. The van der Waals surface area contributed by atoms with Gasteiger partial charge in [0, 0.05) is 38.8 Å². The number of hydrogen-bond acceptors (Lipinski definition) is 5. The number of hydrogen-bond donors (Lipinski definition) is 0. The Balaban J connectivity index is 1.47. The first-order valence-electron chi connectivity index (χ1n) is 8.06. The number of rotatable bonds is 3. The molecule has 3 fully saturated rings. The molecule has 1 aromatic rings. The zero-order chi connectivity index (χ0) is 14.9. The van der Waals surface area contributed by atoms with E-state index in [9.17, 15) is 4.79 Å². The van der Waals surface area contributed by atoms with Crippen LogP contribution in [-0.4, -0.2) is 67.3 Å². The van der Waals surface area contributed by atoms with Gasteiger partial charge >= 0.3 is 0 Å². The highest BCUT2D eigenvalue weighted by molar-refractivity contribution is 7.07. The molecule has 3 aliphatic rings. The maximum atomic E-state index is 12.9. The molecular weight excluding hydrogens is 300 g/mol. The third kappa shape index (κ3) is 2.69. The van der Waals surface area contributed by atoms with Crippen molar-refractivity contribution in [2.24, 2.45) is 5.92 Å². The first kappa shape index (κ1) is 14.6. The second-order valence-corrected chi connectivity index (χ2v) is 7.08. The van der Waals surface area contributed by atoms with Crippen molar-refractivity contribution in [3.05, 3.63) is 22.4 Å². The molecule has 3 aliphatic heterocycles. The van der Waals surface area contributed by atoms with Gasteiger partial charge in [0.25, 0.3) is 0 Å². The standard InChI is InChI=1S/C16H22N2O3S/c19-16(17-3-6-20-7-4-17)13-10-18(9-12-2-8-22-11-12)14-1-5-21-15(13)14/h2,8,11,13-15H,1,3-7,9-10H2/t13-,14+,15+/m0/s1. The van der Waals surface area contributed by atoms with Crippen LogP contribution in [0, 0.1) is 5.92 Å². The Hall–Kier alpha value is -0.950. The van der Waals surface area contributed by atoms with E-state index in [0.29, 0.717) is 19.3 Å². The Bertz CT molecular complexity index is 515. The monoisotopic (exact) mass is 322 g/mol. The highest BCUT2D eigenvalue weighted by atomic mass is 32.1. The second kappa shape index (κ2) is 6.28. The molecule has 120 valence electrons. The summed E-state index contributed by atoms with van der Waals surface area (Å²) in [5.41, 5.74) is 1.34. The van der Waals surface area contributed by atoms with E-state index in [0.717, 1.165) is 39.2 Å². The van der Waals surface area contributed by atoms with Gasteiger partial charge in [0.05, 0.1) is 25.2 Å². The van der Waals surface area contributed by atoms with Gasteiger partial charge in [-0.2, -0.15) is 11.3 Å². The van der Waals surface area contributed by atoms with Crippen LogP contribution < -0.4 is 0 Å². The van der Waals surface area contributed by atoms with Gasteiger partial charge in [-0.25, -0.2) is 0 Å². The van der Waals surface area contributed by atoms with Crippen molar-refractivity contribution in [1.29, 1.82) is 0 Å². The molecule has 0 unspecified atom stereocenters. The minimum absolute atomic E-state index is 0.00997. The third-order valence-electron chi connectivity index (χ3n) is 5.01. The van der Waals surface area contributed by atoms with Crippen LogP contribution in [0.5, 0.6) is 0 Å². The molecule has 4 heterocycles. The Morgan fingerprint density at radius 3 is 2.95 bits per heavy atom. The van der Waals surface area contributed by atoms with Gasteiger partial charge in [-0.05, 0) is 28.8 Å². The summed E-state index contributed by atoms with van der Waals surface area (Å²) in [6, 6.07) is 2.57. The van der Waals surface area contributed by atoms with Crippen LogP contribution in [0.15, 0.2) is 16.8 Å². The minimum atomic E-state index is -0.00997. The molecule has 0 aliphatic carbocycles. The largest absolute Gasteiger partial charge is 0.378 e. The number of carbonyl (C=O) groups is 1. The highest BCUT2D eigenvalue weighted by Crippen LogP contribution is 2.35. The lowest BCUT2D eigenvalue weighted by Crippen LogP contribution is -2.46. The van der Waals surface area contributed by atoms with Crippen LogP contribution in [0.2, 0.25) is 0 Å². The van der Waals surface area contributed by atoms with Gasteiger partial charge in [-0.15, -0.1) is 0 Å². The predicted octanol–water partition coefficient (Wildman–Crippen LogP) is 1.20. The third-order valence-corrected chi connectivity index (χ3v) is 5.74. The van der Waals surface area contributed by atoms with Gasteiger partial charge in [-0.3, -0.25) is 9.69 Å². The number of thiophene rings is 1. The van der Waals surface area contributed by atoms with Crippen LogP contribution >= 0.6 is 11.3 Å². The van der Waals surface area contributed by atoms with E-state index >= 15 is 0 Å². The van der Waals surface area contributed by atoms with Crippen molar-refractivity contribution in [2.75, 3.05) is 39.5 Å². The molecule has 6 heteroatoms. The fourth-order valence-electron chi connectivity index (χ4n) is 3.90. The number of fused-ring (bicyclic) bond motifs is 1. The first-order chi connectivity index (χ1) is 10.8. The average molecular weight is 322 g/mol. The van der Waals surface area contributed by atoms with Crippen LogP contribution in [0.1, 0.15) is 12.0 Å². The average Bonchev–Trinajstić information content (AvgIpc) is 3.27. The summed E-state index contributed by atoms with van der Waals surface area (Å²) in [7, 11) is 0. The molecule has 1 amide bonds. The zero-order valence-electron chi connectivity index (χ0n) is 12.6. The number of amides is 1. The second-order valence-electron chi connectivity index (χ2n) is 6.30. The molecule has 0 saturated carbocycles.